The maximum Gasteiger partial charge on any atom is 0.417 e. The molecule has 148 valence electrons. The fourth-order valence-electron chi connectivity index (χ4n) is 3.45. The maximum atomic E-state index is 12.7. The first-order valence-corrected chi connectivity index (χ1v) is 9.40. The topological polar surface area (TPSA) is 76.2 Å². The van der Waals surface area contributed by atoms with Crippen molar-refractivity contribution in [1.82, 2.24) is 9.80 Å². The molecule has 1 unspecified atom stereocenters. The van der Waals surface area contributed by atoms with E-state index in [1.807, 2.05) is 20.8 Å². The molecule has 0 N–H and O–H groups in total. The number of nitrogens with zero attached hydrogens (tertiary/aromatic N) is 2. The molecule has 0 aromatic rings. The Kier molecular flexibility index (Phi) is 5.88. The standard InChI is InChI=1S/C19H32N2O5/c1-18(2,3)25-16(23)20-10-7-13(8-11-20)14-9-12-21(15(14)22)17(24)26-19(4,5)6/h13-14H,7-12H2,1-6H3. The Morgan fingerprint density at radius 1 is 0.846 bits per heavy atom. The Morgan fingerprint density at radius 2 is 1.35 bits per heavy atom. The van der Waals surface area contributed by atoms with E-state index in [1.165, 1.54) is 4.90 Å². The van der Waals surface area contributed by atoms with Gasteiger partial charge in [-0.1, -0.05) is 0 Å². The quantitative estimate of drug-likeness (QED) is 0.709. The van der Waals surface area contributed by atoms with Gasteiger partial charge in [-0.25, -0.2) is 14.5 Å². The van der Waals surface area contributed by atoms with Gasteiger partial charge in [-0.3, -0.25) is 4.79 Å². The molecule has 2 fully saturated rings. The largest absolute Gasteiger partial charge is 0.444 e. The van der Waals surface area contributed by atoms with Crippen molar-refractivity contribution in [2.45, 2.75) is 72.0 Å². The Balaban J connectivity index is 1.87. The normalized spacial score (nSPS) is 22.5. The molecule has 0 aromatic carbocycles. The summed E-state index contributed by atoms with van der Waals surface area (Å²) in [7, 11) is 0. The van der Waals surface area contributed by atoms with Gasteiger partial charge in [0.1, 0.15) is 11.2 Å². The lowest BCUT2D eigenvalue weighted by molar-refractivity contribution is -0.132. The van der Waals surface area contributed by atoms with E-state index in [1.54, 1.807) is 25.7 Å². The minimum Gasteiger partial charge on any atom is -0.444 e. The van der Waals surface area contributed by atoms with Crippen molar-refractivity contribution < 1.29 is 23.9 Å². The summed E-state index contributed by atoms with van der Waals surface area (Å²) in [6, 6.07) is 0. The van der Waals surface area contributed by atoms with Gasteiger partial charge in [0, 0.05) is 25.6 Å². The van der Waals surface area contributed by atoms with Gasteiger partial charge in [0.25, 0.3) is 0 Å². The molecule has 0 aromatic heterocycles. The van der Waals surface area contributed by atoms with Crippen LogP contribution in [-0.4, -0.2) is 58.7 Å². The van der Waals surface area contributed by atoms with Gasteiger partial charge in [0.05, 0.1) is 0 Å². The Labute approximate surface area is 156 Å². The molecular formula is C19H32N2O5. The average Bonchev–Trinajstić information content (AvgIpc) is 2.85. The third-order valence-electron chi connectivity index (χ3n) is 4.62. The van der Waals surface area contributed by atoms with Gasteiger partial charge in [-0.05, 0) is 66.7 Å². The van der Waals surface area contributed by atoms with E-state index in [2.05, 4.69) is 0 Å². The van der Waals surface area contributed by atoms with Crippen LogP contribution in [0.15, 0.2) is 0 Å². The second-order valence-corrected chi connectivity index (χ2v) is 9.17. The molecule has 1 atom stereocenters. The smallest absolute Gasteiger partial charge is 0.417 e. The van der Waals surface area contributed by atoms with Crippen LogP contribution in [0, 0.1) is 11.8 Å². The van der Waals surface area contributed by atoms with Gasteiger partial charge >= 0.3 is 12.2 Å². The van der Waals surface area contributed by atoms with Crippen molar-refractivity contribution in [2.75, 3.05) is 19.6 Å². The highest BCUT2D eigenvalue weighted by Gasteiger charge is 2.43. The van der Waals surface area contributed by atoms with E-state index in [0.29, 0.717) is 26.1 Å². The molecule has 0 spiro atoms. The molecule has 26 heavy (non-hydrogen) atoms. The molecule has 2 rings (SSSR count). The Bertz CT molecular complexity index is 553. The molecular weight excluding hydrogens is 336 g/mol. The number of piperidine rings is 1. The SMILES string of the molecule is CC(C)(C)OC(=O)N1CCC(C2CCN(C(=O)OC(C)(C)C)C2=O)CC1. The van der Waals surface area contributed by atoms with Crippen LogP contribution < -0.4 is 0 Å². The third-order valence-corrected chi connectivity index (χ3v) is 4.62. The number of likely N-dealkylation sites (tertiary alicyclic amines) is 2. The molecule has 0 saturated carbocycles. The summed E-state index contributed by atoms with van der Waals surface area (Å²) in [6.45, 7) is 12.5. The molecule has 0 radical (unpaired) electrons. The molecule has 0 aliphatic carbocycles. The first-order valence-electron chi connectivity index (χ1n) is 9.40. The first-order chi connectivity index (χ1) is 11.9. The van der Waals surface area contributed by atoms with Crippen molar-refractivity contribution in [2.24, 2.45) is 11.8 Å². The molecule has 2 aliphatic heterocycles. The molecule has 2 heterocycles. The number of hydrogen-bond acceptors (Lipinski definition) is 5. The van der Waals surface area contributed by atoms with Gasteiger partial charge in [0.2, 0.25) is 5.91 Å². The zero-order chi connectivity index (χ0) is 19.7. The zero-order valence-corrected chi connectivity index (χ0v) is 16.8. The fraction of sp³-hybridized carbons (Fsp3) is 0.842. The molecule has 2 saturated heterocycles. The van der Waals surface area contributed by atoms with Crippen LogP contribution in [-0.2, 0) is 14.3 Å². The summed E-state index contributed by atoms with van der Waals surface area (Å²) >= 11 is 0. The lowest BCUT2D eigenvalue weighted by Crippen LogP contribution is -2.44. The summed E-state index contributed by atoms with van der Waals surface area (Å²) < 4.78 is 10.7. The van der Waals surface area contributed by atoms with Crippen molar-refractivity contribution in [3.05, 3.63) is 0 Å². The Hall–Kier alpha value is -1.79. The second kappa shape index (κ2) is 7.45. The number of rotatable bonds is 1. The number of amides is 3. The highest BCUT2D eigenvalue weighted by Crippen LogP contribution is 2.33. The lowest BCUT2D eigenvalue weighted by atomic mass is 9.83. The van der Waals surface area contributed by atoms with E-state index in [4.69, 9.17) is 9.47 Å². The summed E-state index contributed by atoms with van der Waals surface area (Å²) in [5.41, 5.74) is -1.13. The first kappa shape index (κ1) is 20.5. The van der Waals surface area contributed by atoms with E-state index in [9.17, 15) is 14.4 Å². The third kappa shape index (κ3) is 5.35. The maximum absolute atomic E-state index is 12.7. The predicted molar refractivity (Wildman–Crippen MR) is 96.6 cm³/mol. The van der Waals surface area contributed by atoms with E-state index in [-0.39, 0.29) is 23.8 Å². The summed E-state index contributed by atoms with van der Waals surface area (Å²) in [5, 5.41) is 0. The van der Waals surface area contributed by atoms with E-state index >= 15 is 0 Å². The summed E-state index contributed by atoms with van der Waals surface area (Å²) in [6.07, 6.45) is 1.30. The van der Waals surface area contributed by atoms with Gasteiger partial charge in [-0.2, -0.15) is 0 Å². The van der Waals surface area contributed by atoms with Crippen molar-refractivity contribution in [1.29, 1.82) is 0 Å². The zero-order valence-electron chi connectivity index (χ0n) is 16.8. The van der Waals surface area contributed by atoms with Gasteiger partial charge < -0.3 is 14.4 Å². The van der Waals surface area contributed by atoms with Crippen molar-refractivity contribution >= 4 is 18.1 Å². The number of hydrogen-bond donors (Lipinski definition) is 0. The molecule has 7 heteroatoms. The highest BCUT2D eigenvalue weighted by atomic mass is 16.6. The summed E-state index contributed by atoms with van der Waals surface area (Å²) in [5.74, 6) is -0.119. The van der Waals surface area contributed by atoms with Gasteiger partial charge in [0.15, 0.2) is 0 Å². The lowest BCUT2D eigenvalue weighted by Gasteiger charge is -2.35. The van der Waals surface area contributed by atoms with Crippen LogP contribution in [0.4, 0.5) is 9.59 Å². The number of carbonyl (C=O) groups is 3. The molecule has 2 aliphatic rings. The average molecular weight is 368 g/mol. The van der Waals surface area contributed by atoms with Crippen LogP contribution in [0.5, 0.6) is 0 Å². The Morgan fingerprint density at radius 3 is 1.85 bits per heavy atom. The van der Waals surface area contributed by atoms with E-state index < -0.39 is 17.3 Å². The van der Waals surface area contributed by atoms with Crippen LogP contribution in [0.1, 0.15) is 60.8 Å². The van der Waals surface area contributed by atoms with Crippen LogP contribution in [0.2, 0.25) is 0 Å². The number of imide groups is 1. The van der Waals surface area contributed by atoms with Crippen LogP contribution in [0.25, 0.3) is 0 Å². The fourth-order valence-corrected chi connectivity index (χ4v) is 3.45. The molecule has 7 nitrogen and oxygen atoms in total. The number of carbonyl (C=O) groups excluding carboxylic acids is 3. The highest BCUT2D eigenvalue weighted by molar-refractivity contribution is 5.95. The van der Waals surface area contributed by atoms with E-state index in [0.717, 1.165) is 12.8 Å². The van der Waals surface area contributed by atoms with Crippen molar-refractivity contribution in [3.8, 4) is 0 Å². The van der Waals surface area contributed by atoms with Gasteiger partial charge in [-0.15, -0.1) is 0 Å². The number of ether oxygens (including phenoxy) is 2. The minimum atomic E-state index is -0.617. The van der Waals surface area contributed by atoms with Crippen LogP contribution in [0.3, 0.4) is 0 Å². The molecule has 0 bridgehead atoms. The predicted octanol–water partition coefficient (Wildman–Crippen LogP) is 3.42. The summed E-state index contributed by atoms with van der Waals surface area (Å²) in [4.78, 5) is 39.9. The monoisotopic (exact) mass is 368 g/mol. The second-order valence-electron chi connectivity index (χ2n) is 9.17. The minimum absolute atomic E-state index is 0.144. The van der Waals surface area contributed by atoms with Crippen LogP contribution >= 0.6 is 0 Å². The van der Waals surface area contributed by atoms with Crippen molar-refractivity contribution in [3.63, 3.8) is 0 Å². The molecule has 3 amide bonds.